The van der Waals surface area contributed by atoms with Crippen molar-refractivity contribution in [1.82, 2.24) is 5.32 Å². The molecule has 7 nitrogen and oxygen atoms in total. The van der Waals surface area contributed by atoms with Crippen molar-refractivity contribution < 1.29 is 24.0 Å². The lowest BCUT2D eigenvalue weighted by molar-refractivity contribution is -0.862. The van der Waals surface area contributed by atoms with Gasteiger partial charge in [0.1, 0.15) is 6.04 Å². The molecule has 0 aliphatic carbocycles. The topological polar surface area (TPSA) is 88.9 Å². The summed E-state index contributed by atoms with van der Waals surface area (Å²) in [5, 5.41) is 5.84. The molecule has 2 amide bonds. The molecular formula is C18H27ClN3O4+. The zero-order chi connectivity index (χ0) is 19.7. The van der Waals surface area contributed by atoms with Gasteiger partial charge >= 0.3 is 5.97 Å². The van der Waals surface area contributed by atoms with E-state index >= 15 is 0 Å². The molecule has 0 saturated heterocycles. The first-order valence-electron chi connectivity index (χ1n) is 8.45. The van der Waals surface area contributed by atoms with Gasteiger partial charge in [-0.2, -0.15) is 0 Å². The van der Waals surface area contributed by atoms with Crippen molar-refractivity contribution in [3.05, 3.63) is 29.3 Å². The van der Waals surface area contributed by atoms with Crippen LogP contribution in [0.1, 0.15) is 20.3 Å². The number of benzene rings is 1. The maximum Gasteiger partial charge on any atom is 0.328 e. The number of carbonyl (C=O) groups is 3. The third-order valence-electron chi connectivity index (χ3n) is 3.60. The van der Waals surface area contributed by atoms with Crippen molar-refractivity contribution in [2.75, 3.05) is 32.6 Å². The number of ether oxygens (including phenoxy) is 1. The molecule has 144 valence electrons. The highest BCUT2D eigenvalue weighted by molar-refractivity contribution is 6.33. The molecule has 0 heterocycles. The normalized spacial score (nSPS) is 13.0. The Balaban J connectivity index is 2.51. The van der Waals surface area contributed by atoms with Gasteiger partial charge in [-0.3, -0.25) is 9.59 Å². The Labute approximate surface area is 159 Å². The summed E-state index contributed by atoms with van der Waals surface area (Å²) in [7, 11) is 3.01. The van der Waals surface area contributed by atoms with Gasteiger partial charge in [-0.25, -0.2) is 4.79 Å². The summed E-state index contributed by atoms with van der Waals surface area (Å²) in [6.45, 7) is 4.06. The average molecular weight is 385 g/mol. The van der Waals surface area contributed by atoms with E-state index in [2.05, 4.69) is 10.6 Å². The summed E-state index contributed by atoms with van der Waals surface area (Å²) in [6, 6.07) is 6.25. The fourth-order valence-electron chi connectivity index (χ4n) is 2.44. The molecule has 1 aromatic carbocycles. The number of nitrogens with one attached hydrogen (secondary N) is 3. The number of halogens is 1. The molecule has 3 N–H and O–H groups in total. The molecule has 0 saturated carbocycles. The van der Waals surface area contributed by atoms with Gasteiger partial charge in [0.25, 0.3) is 11.8 Å². The van der Waals surface area contributed by atoms with Crippen molar-refractivity contribution >= 4 is 35.1 Å². The van der Waals surface area contributed by atoms with E-state index in [1.165, 1.54) is 7.11 Å². The van der Waals surface area contributed by atoms with Gasteiger partial charge in [-0.1, -0.05) is 37.6 Å². The van der Waals surface area contributed by atoms with Crippen molar-refractivity contribution in [2.24, 2.45) is 5.92 Å². The van der Waals surface area contributed by atoms with Gasteiger partial charge in [0, 0.05) is 0 Å². The quantitative estimate of drug-likeness (QED) is 0.541. The molecule has 26 heavy (non-hydrogen) atoms. The lowest BCUT2D eigenvalue weighted by Gasteiger charge is -2.19. The Morgan fingerprint density at radius 1 is 1.15 bits per heavy atom. The van der Waals surface area contributed by atoms with Gasteiger partial charge in [0.15, 0.2) is 13.1 Å². The van der Waals surface area contributed by atoms with Gasteiger partial charge in [0.2, 0.25) is 0 Å². The lowest BCUT2D eigenvalue weighted by Crippen LogP contribution is -3.11. The van der Waals surface area contributed by atoms with Crippen molar-refractivity contribution in [3.8, 4) is 0 Å². The van der Waals surface area contributed by atoms with Crippen molar-refractivity contribution in [3.63, 3.8) is 0 Å². The van der Waals surface area contributed by atoms with Gasteiger partial charge in [-0.15, -0.1) is 0 Å². The summed E-state index contributed by atoms with van der Waals surface area (Å²) in [6.07, 6.45) is 0.491. The van der Waals surface area contributed by atoms with Crippen LogP contribution in [0.15, 0.2) is 24.3 Å². The van der Waals surface area contributed by atoms with Crippen molar-refractivity contribution in [2.45, 2.75) is 26.3 Å². The maximum absolute atomic E-state index is 12.2. The van der Waals surface area contributed by atoms with E-state index in [-0.39, 0.29) is 30.8 Å². The number of carbonyl (C=O) groups excluding carboxylic acids is 3. The SMILES string of the molecule is COC(=O)[C@@H](CC(C)C)NC(=O)C[NH+](C)CC(=O)Nc1ccccc1Cl. The fraction of sp³-hybridized carbons (Fsp3) is 0.500. The minimum Gasteiger partial charge on any atom is -0.467 e. The van der Waals surface area contributed by atoms with Crippen LogP contribution in [0.5, 0.6) is 0 Å². The van der Waals surface area contributed by atoms with E-state index in [9.17, 15) is 14.4 Å². The molecule has 0 fully saturated rings. The molecule has 1 aromatic rings. The molecule has 1 unspecified atom stereocenters. The highest BCUT2D eigenvalue weighted by atomic mass is 35.5. The second-order valence-corrected chi connectivity index (χ2v) is 7.02. The monoisotopic (exact) mass is 384 g/mol. The molecule has 2 atom stereocenters. The van der Waals surface area contributed by atoms with E-state index in [0.29, 0.717) is 22.0 Å². The second kappa shape index (κ2) is 10.8. The molecule has 0 aliphatic heterocycles. The first-order valence-corrected chi connectivity index (χ1v) is 8.83. The van der Waals surface area contributed by atoms with Crippen LogP contribution in [0.25, 0.3) is 0 Å². The Morgan fingerprint density at radius 2 is 1.77 bits per heavy atom. The largest absolute Gasteiger partial charge is 0.467 e. The smallest absolute Gasteiger partial charge is 0.328 e. The highest BCUT2D eigenvalue weighted by Crippen LogP contribution is 2.19. The number of hydrogen-bond acceptors (Lipinski definition) is 4. The van der Waals surface area contributed by atoms with Gasteiger partial charge in [-0.05, 0) is 24.5 Å². The van der Waals surface area contributed by atoms with E-state index in [1.54, 1.807) is 31.3 Å². The fourth-order valence-corrected chi connectivity index (χ4v) is 2.62. The zero-order valence-electron chi connectivity index (χ0n) is 15.6. The molecule has 1 rings (SSSR count). The number of quaternary nitrogens is 1. The van der Waals surface area contributed by atoms with Crippen LogP contribution in [-0.4, -0.2) is 51.1 Å². The Kier molecular flexibility index (Phi) is 9.09. The second-order valence-electron chi connectivity index (χ2n) is 6.61. The van der Waals surface area contributed by atoms with Crippen LogP contribution >= 0.6 is 11.6 Å². The number of anilines is 1. The molecule has 0 aliphatic rings. The lowest BCUT2D eigenvalue weighted by atomic mass is 10.0. The molecule has 0 aromatic heterocycles. The van der Waals surface area contributed by atoms with Crippen LogP contribution in [-0.2, 0) is 19.1 Å². The number of rotatable bonds is 9. The third-order valence-corrected chi connectivity index (χ3v) is 3.93. The molecular weight excluding hydrogens is 358 g/mol. The van der Waals surface area contributed by atoms with Crippen LogP contribution in [0.3, 0.4) is 0 Å². The summed E-state index contributed by atoms with van der Waals surface area (Å²) in [5.74, 6) is -0.814. The Morgan fingerprint density at radius 3 is 2.35 bits per heavy atom. The van der Waals surface area contributed by atoms with E-state index in [1.807, 2.05) is 13.8 Å². The summed E-state index contributed by atoms with van der Waals surface area (Å²) >= 11 is 6.00. The summed E-state index contributed by atoms with van der Waals surface area (Å²) in [5.41, 5.74) is 0.527. The summed E-state index contributed by atoms with van der Waals surface area (Å²) in [4.78, 5) is 36.7. The van der Waals surface area contributed by atoms with Crippen LogP contribution < -0.4 is 15.5 Å². The summed E-state index contributed by atoms with van der Waals surface area (Å²) < 4.78 is 4.72. The van der Waals surface area contributed by atoms with Crippen molar-refractivity contribution in [1.29, 1.82) is 0 Å². The number of amides is 2. The standard InChI is InChI=1S/C18H26ClN3O4/c1-12(2)9-15(18(25)26-4)21-17(24)11-22(3)10-16(23)20-14-8-6-5-7-13(14)19/h5-8,12,15H,9-11H2,1-4H3,(H,20,23)(H,21,24)/p+1/t15-/m1/s1. The van der Waals surface area contributed by atoms with Crippen LogP contribution in [0.2, 0.25) is 5.02 Å². The predicted molar refractivity (Wildman–Crippen MR) is 100 cm³/mol. The highest BCUT2D eigenvalue weighted by Gasteiger charge is 2.24. The predicted octanol–water partition coefficient (Wildman–Crippen LogP) is 0.497. The first-order chi connectivity index (χ1) is 12.2. The van der Waals surface area contributed by atoms with Gasteiger partial charge < -0.3 is 20.3 Å². The number of likely N-dealkylation sites (N-methyl/N-ethyl adjacent to an activating group) is 1. The molecule has 0 spiro atoms. The van der Waals surface area contributed by atoms with E-state index in [4.69, 9.17) is 16.3 Å². The molecule has 0 radical (unpaired) electrons. The molecule has 8 heteroatoms. The Bertz CT molecular complexity index is 637. The minimum atomic E-state index is -0.683. The van der Waals surface area contributed by atoms with E-state index in [0.717, 1.165) is 0 Å². The van der Waals surface area contributed by atoms with Gasteiger partial charge in [0.05, 0.1) is 24.9 Å². The molecule has 0 bridgehead atoms. The Hall–Kier alpha value is -2.12. The third kappa shape index (κ3) is 7.84. The zero-order valence-corrected chi connectivity index (χ0v) is 16.4. The maximum atomic E-state index is 12.2. The van der Waals surface area contributed by atoms with Crippen LogP contribution in [0.4, 0.5) is 5.69 Å². The minimum absolute atomic E-state index is 0.0571. The number of hydrogen-bond donors (Lipinski definition) is 3. The van der Waals surface area contributed by atoms with E-state index < -0.39 is 12.0 Å². The average Bonchev–Trinajstić information content (AvgIpc) is 2.54. The number of methoxy groups -OCH3 is 1. The number of esters is 1. The van der Waals surface area contributed by atoms with Crippen LogP contribution in [0, 0.1) is 5.92 Å². The first kappa shape index (κ1) is 21.9. The number of para-hydroxylation sites is 1.